The normalized spacial score (nSPS) is 18.3. The Kier molecular flexibility index (Phi) is 6.00. The molecule has 1 aromatic heterocycles. The van der Waals surface area contributed by atoms with Crippen molar-refractivity contribution in [3.05, 3.63) is 48.3 Å². The molecule has 2 fully saturated rings. The van der Waals surface area contributed by atoms with Gasteiger partial charge in [0.15, 0.2) is 5.82 Å². The van der Waals surface area contributed by atoms with Crippen LogP contribution in [0.5, 0.6) is 5.75 Å². The van der Waals surface area contributed by atoms with E-state index < -0.39 is 0 Å². The van der Waals surface area contributed by atoms with Gasteiger partial charge in [0, 0.05) is 43.7 Å². The van der Waals surface area contributed by atoms with E-state index in [1.165, 1.54) is 12.1 Å². The number of nitrogens with zero attached hydrogens (tertiary/aromatic N) is 4. The van der Waals surface area contributed by atoms with Gasteiger partial charge in [-0.25, -0.2) is 19.4 Å². The van der Waals surface area contributed by atoms with Gasteiger partial charge < -0.3 is 14.7 Å². The van der Waals surface area contributed by atoms with Crippen LogP contribution in [0.15, 0.2) is 47.5 Å². The number of anilines is 1. The molecular weight excluding hydrogens is 423 g/mol. The van der Waals surface area contributed by atoms with Crippen molar-refractivity contribution < 1.29 is 19.0 Å². The first-order chi connectivity index (χ1) is 16.1. The number of ether oxygens (including phenoxy) is 1. The summed E-state index contributed by atoms with van der Waals surface area (Å²) in [5.74, 6) is 0.882. The van der Waals surface area contributed by atoms with Crippen LogP contribution in [0.4, 0.5) is 10.2 Å². The van der Waals surface area contributed by atoms with Crippen LogP contribution in [-0.4, -0.2) is 53.0 Å². The summed E-state index contributed by atoms with van der Waals surface area (Å²) in [6.45, 7) is 2.48. The number of amides is 1. The molecule has 0 atom stereocenters. The molecule has 2 aliphatic heterocycles. The molecule has 170 valence electrons. The van der Waals surface area contributed by atoms with E-state index in [0.717, 1.165) is 18.6 Å². The van der Waals surface area contributed by atoms with E-state index in [1.54, 1.807) is 30.3 Å². The fraction of sp³-hybridized carbons (Fsp3) is 0.360. The van der Waals surface area contributed by atoms with Crippen molar-refractivity contribution in [3.8, 4) is 17.1 Å². The Labute approximate surface area is 191 Å². The summed E-state index contributed by atoms with van der Waals surface area (Å²) in [7, 11) is 0. The summed E-state index contributed by atoms with van der Waals surface area (Å²) < 4.78 is 19.4. The lowest BCUT2D eigenvalue weighted by Crippen LogP contribution is -2.22. The third-order valence-electron chi connectivity index (χ3n) is 6.21. The molecule has 0 spiro atoms. The van der Waals surface area contributed by atoms with Crippen LogP contribution in [0.3, 0.4) is 0 Å². The Bertz CT molecular complexity index is 1220. The van der Waals surface area contributed by atoms with Gasteiger partial charge >= 0.3 is 0 Å². The molecule has 8 heteroatoms. The molecule has 2 aliphatic rings. The second-order valence-electron chi connectivity index (χ2n) is 8.55. The van der Waals surface area contributed by atoms with Crippen LogP contribution < -0.4 is 4.90 Å². The zero-order valence-electron chi connectivity index (χ0n) is 18.2. The predicted molar refractivity (Wildman–Crippen MR) is 124 cm³/mol. The maximum atomic E-state index is 14.1. The summed E-state index contributed by atoms with van der Waals surface area (Å²) in [5, 5.41) is 10.9. The van der Waals surface area contributed by atoms with E-state index in [0.29, 0.717) is 73.2 Å². The lowest BCUT2D eigenvalue weighted by Gasteiger charge is -2.20. The number of rotatable bonds is 4. The third kappa shape index (κ3) is 4.71. The molecule has 0 unspecified atom stereocenters. The number of benzene rings is 2. The molecule has 0 bridgehead atoms. The molecule has 33 heavy (non-hydrogen) atoms. The van der Waals surface area contributed by atoms with Gasteiger partial charge in [-0.15, -0.1) is 0 Å². The number of aromatic hydroxyl groups is 1. The fourth-order valence-corrected chi connectivity index (χ4v) is 4.44. The molecule has 0 saturated carbocycles. The van der Waals surface area contributed by atoms with Crippen molar-refractivity contribution in [3.63, 3.8) is 0 Å². The van der Waals surface area contributed by atoms with E-state index >= 15 is 0 Å². The predicted octanol–water partition coefficient (Wildman–Crippen LogP) is 4.14. The van der Waals surface area contributed by atoms with Crippen molar-refractivity contribution in [2.75, 3.05) is 31.2 Å². The molecule has 2 aromatic carbocycles. The van der Waals surface area contributed by atoms with E-state index in [4.69, 9.17) is 9.72 Å². The molecule has 2 saturated heterocycles. The highest BCUT2D eigenvalue weighted by Gasteiger charge is 2.25. The summed E-state index contributed by atoms with van der Waals surface area (Å²) in [6, 6.07) is 11.3. The number of para-hydroxylation sites is 1. The number of hydrogen-bond donors (Lipinski definition) is 1. The van der Waals surface area contributed by atoms with Crippen LogP contribution in [0.2, 0.25) is 0 Å². The van der Waals surface area contributed by atoms with Crippen LogP contribution in [-0.2, 0) is 9.53 Å². The highest BCUT2D eigenvalue weighted by molar-refractivity contribution is 6.02. The van der Waals surface area contributed by atoms with Crippen molar-refractivity contribution in [2.45, 2.75) is 25.7 Å². The van der Waals surface area contributed by atoms with Gasteiger partial charge in [0.2, 0.25) is 5.91 Å². The molecular formula is C25H25FN4O3. The number of aliphatic imine (C=N–C) groups is 1. The smallest absolute Gasteiger partial charge is 0.245 e. The first-order valence-corrected chi connectivity index (χ1v) is 11.2. The number of halogens is 1. The van der Waals surface area contributed by atoms with Crippen molar-refractivity contribution >= 4 is 28.3 Å². The topological polar surface area (TPSA) is 87.9 Å². The first kappa shape index (κ1) is 21.5. The summed E-state index contributed by atoms with van der Waals surface area (Å²) in [5.41, 5.74) is 1.89. The molecule has 0 aliphatic carbocycles. The van der Waals surface area contributed by atoms with E-state index in [9.17, 15) is 14.3 Å². The second kappa shape index (κ2) is 9.23. The molecule has 5 rings (SSSR count). The van der Waals surface area contributed by atoms with Crippen molar-refractivity contribution in [1.82, 2.24) is 9.97 Å². The lowest BCUT2D eigenvalue weighted by atomic mass is 9.96. The maximum absolute atomic E-state index is 14.1. The minimum Gasteiger partial charge on any atom is -0.507 e. The number of carbonyl (C=O) groups excluding carboxylic acids is 1. The summed E-state index contributed by atoms with van der Waals surface area (Å²) in [6.07, 6.45) is 2.89. The Morgan fingerprint density at radius 2 is 2.00 bits per heavy atom. The number of hydrogen-bond acceptors (Lipinski definition) is 6. The minimum atomic E-state index is -0.373. The Hall–Kier alpha value is -3.39. The van der Waals surface area contributed by atoms with E-state index in [1.807, 2.05) is 4.90 Å². The van der Waals surface area contributed by atoms with Crippen molar-refractivity contribution in [1.29, 1.82) is 0 Å². The summed E-state index contributed by atoms with van der Waals surface area (Å²) >= 11 is 0. The number of aromatic nitrogens is 2. The van der Waals surface area contributed by atoms with Gasteiger partial charge in [0.25, 0.3) is 0 Å². The monoisotopic (exact) mass is 448 g/mol. The van der Waals surface area contributed by atoms with Gasteiger partial charge in [-0.3, -0.25) is 4.79 Å². The highest BCUT2D eigenvalue weighted by Crippen LogP contribution is 2.33. The largest absolute Gasteiger partial charge is 0.507 e. The quantitative estimate of drug-likeness (QED) is 0.646. The van der Waals surface area contributed by atoms with Crippen LogP contribution in [0.25, 0.3) is 22.3 Å². The molecule has 0 radical (unpaired) electrons. The van der Waals surface area contributed by atoms with Crippen molar-refractivity contribution in [2.24, 2.45) is 10.9 Å². The van der Waals surface area contributed by atoms with Gasteiger partial charge in [-0.2, -0.15) is 0 Å². The molecule has 7 nitrogen and oxygen atoms in total. The van der Waals surface area contributed by atoms with E-state index in [2.05, 4.69) is 9.98 Å². The van der Waals surface area contributed by atoms with Gasteiger partial charge in [0.05, 0.1) is 17.6 Å². The lowest BCUT2D eigenvalue weighted by molar-refractivity contribution is -0.119. The van der Waals surface area contributed by atoms with Crippen LogP contribution in [0, 0.1) is 11.7 Å². The minimum absolute atomic E-state index is 0.0762. The summed E-state index contributed by atoms with van der Waals surface area (Å²) in [4.78, 5) is 28.1. The van der Waals surface area contributed by atoms with Gasteiger partial charge in [0.1, 0.15) is 17.4 Å². The second-order valence-corrected chi connectivity index (χ2v) is 8.55. The van der Waals surface area contributed by atoms with E-state index in [-0.39, 0.29) is 17.5 Å². The zero-order chi connectivity index (χ0) is 22.8. The Balaban J connectivity index is 1.43. The van der Waals surface area contributed by atoms with Gasteiger partial charge in [-0.05, 0) is 49.1 Å². The molecule has 3 aromatic rings. The Morgan fingerprint density at radius 3 is 2.82 bits per heavy atom. The first-order valence-electron chi connectivity index (χ1n) is 11.2. The highest BCUT2D eigenvalue weighted by atomic mass is 19.1. The number of phenolic OH excluding ortho intramolecular Hbond substituents is 1. The number of phenols is 1. The molecule has 1 amide bonds. The third-order valence-corrected chi connectivity index (χ3v) is 6.21. The standard InChI is InChI=1S/C25H25FN4O3/c26-17-5-6-21-20(14-17)25(29-24(28-21)19-3-1-2-4-22(19)31)30-10-7-18(15-30)27-23(32)13-16-8-11-33-12-9-16/h1-6,14,16,31H,7-13,15H2. The van der Waals surface area contributed by atoms with Crippen LogP contribution in [0.1, 0.15) is 25.7 Å². The average molecular weight is 448 g/mol. The SMILES string of the molecule is O=C(CC1CCOCC1)N=C1CCN(c2nc(-c3ccccc3O)nc3ccc(F)cc23)C1. The number of carbonyl (C=O) groups is 1. The molecule has 1 N–H and O–H groups in total. The molecule has 3 heterocycles. The number of fused-ring (bicyclic) bond motifs is 1. The average Bonchev–Trinajstić information content (AvgIpc) is 3.27. The van der Waals surface area contributed by atoms with Gasteiger partial charge in [-0.1, -0.05) is 12.1 Å². The van der Waals surface area contributed by atoms with Crippen LogP contribution >= 0.6 is 0 Å². The fourth-order valence-electron chi connectivity index (χ4n) is 4.44. The Morgan fingerprint density at radius 1 is 1.18 bits per heavy atom. The zero-order valence-corrected chi connectivity index (χ0v) is 18.2. The maximum Gasteiger partial charge on any atom is 0.245 e.